The first-order valence-corrected chi connectivity index (χ1v) is 13.9. The molecular formula is C31H32ClN3O4. The van der Waals surface area contributed by atoms with E-state index >= 15 is 0 Å². The maximum atomic E-state index is 13.1. The predicted molar refractivity (Wildman–Crippen MR) is 153 cm³/mol. The second-order valence-corrected chi connectivity index (χ2v) is 10.6. The highest BCUT2D eigenvalue weighted by Crippen LogP contribution is 2.38. The summed E-state index contributed by atoms with van der Waals surface area (Å²) >= 11 is 6.29. The van der Waals surface area contributed by atoms with Gasteiger partial charge < -0.3 is 23.7 Å². The van der Waals surface area contributed by atoms with E-state index in [4.69, 9.17) is 30.8 Å². The number of aromatic nitrogens is 2. The molecular weight excluding hydrogens is 514 g/mol. The average molecular weight is 546 g/mol. The molecule has 0 spiro atoms. The van der Waals surface area contributed by atoms with E-state index in [1.165, 1.54) is 0 Å². The summed E-state index contributed by atoms with van der Waals surface area (Å²) in [7, 11) is 0. The summed E-state index contributed by atoms with van der Waals surface area (Å²) < 4.78 is 19.7. The minimum absolute atomic E-state index is 0.00867. The molecule has 1 aromatic heterocycles. The standard InChI is InChI=1S/C31H32ClN3O4/c1-20-15-24(16-21(2)30(20)32)37-12-6-5-11-34-26-8-4-3-7-25(26)33-31(34)22-17-29(36)35(19-22)23-9-10-27-28(18-23)39-14-13-38-27/h3-4,7-10,15-16,18,22H,5-6,11-14,17,19H2,1-2H3. The van der Waals surface area contributed by atoms with E-state index in [1.807, 2.05) is 67.3 Å². The van der Waals surface area contributed by atoms with Crippen LogP contribution in [0.1, 0.15) is 42.1 Å². The highest BCUT2D eigenvalue weighted by Gasteiger charge is 2.35. The fourth-order valence-electron chi connectivity index (χ4n) is 5.52. The van der Waals surface area contributed by atoms with Gasteiger partial charge in [-0.25, -0.2) is 4.98 Å². The molecule has 6 rings (SSSR count). The van der Waals surface area contributed by atoms with Gasteiger partial charge in [0.05, 0.1) is 17.6 Å². The molecule has 1 fully saturated rings. The maximum Gasteiger partial charge on any atom is 0.227 e. The molecule has 1 amide bonds. The van der Waals surface area contributed by atoms with Crippen molar-refractivity contribution in [3.8, 4) is 17.2 Å². The average Bonchev–Trinajstić information content (AvgIpc) is 3.51. The van der Waals surface area contributed by atoms with E-state index in [2.05, 4.69) is 10.6 Å². The number of carbonyl (C=O) groups excluding carboxylic acids is 1. The van der Waals surface area contributed by atoms with Crippen LogP contribution in [0.25, 0.3) is 11.0 Å². The number of hydrogen-bond acceptors (Lipinski definition) is 5. The number of unbranched alkanes of at least 4 members (excludes halogenated alkanes) is 1. The Morgan fingerprint density at radius 2 is 1.77 bits per heavy atom. The highest BCUT2D eigenvalue weighted by molar-refractivity contribution is 6.32. The molecule has 0 bridgehead atoms. The number of carbonyl (C=O) groups is 1. The van der Waals surface area contributed by atoms with Crippen LogP contribution in [0.3, 0.4) is 0 Å². The zero-order valence-electron chi connectivity index (χ0n) is 22.3. The summed E-state index contributed by atoms with van der Waals surface area (Å²) in [5, 5.41) is 0.791. The van der Waals surface area contributed by atoms with Crippen LogP contribution in [0, 0.1) is 13.8 Å². The van der Waals surface area contributed by atoms with Gasteiger partial charge in [-0.3, -0.25) is 4.79 Å². The predicted octanol–water partition coefficient (Wildman–Crippen LogP) is 6.46. The Morgan fingerprint density at radius 3 is 2.59 bits per heavy atom. The summed E-state index contributed by atoms with van der Waals surface area (Å²) in [5.41, 5.74) is 4.94. The van der Waals surface area contributed by atoms with Crippen LogP contribution in [-0.4, -0.2) is 41.8 Å². The second-order valence-electron chi connectivity index (χ2n) is 10.3. The molecule has 0 aliphatic carbocycles. The number of ether oxygens (including phenoxy) is 3. The van der Waals surface area contributed by atoms with Crippen LogP contribution in [0.2, 0.25) is 5.02 Å². The molecule has 39 heavy (non-hydrogen) atoms. The van der Waals surface area contributed by atoms with Gasteiger partial charge in [0.2, 0.25) is 5.91 Å². The van der Waals surface area contributed by atoms with Crippen molar-refractivity contribution < 1.29 is 19.0 Å². The van der Waals surface area contributed by atoms with Gasteiger partial charge in [-0.2, -0.15) is 0 Å². The fourth-order valence-corrected chi connectivity index (χ4v) is 5.63. The van der Waals surface area contributed by atoms with Gasteiger partial charge in [-0.05, 0) is 74.2 Å². The molecule has 4 aromatic rings. The number of hydrogen-bond donors (Lipinski definition) is 0. The Hall–Kier alpha value is -3.71. The summed E-state index contributed by atoms with van der Waals surface area (Å²) in [6.45, 7) is 7.07. The molecule has 8 heteroatoms. The third-order valence-electron chi connectivity index (χ3n) is 7.47. The first-order valence-electron chi connectivity index (χ1n) is 13.5. The number of fused-ring (bicyclic) bond motifs is 2. The van der Waals surface area contributed by atoms with Gasteiger partial charge in [0.15, 0.2) is 11.5 Å². The molecule has 7 nitrogen and oxygen atoms in total. The number of nitrogens with zero attached hydrogens (tertiary/aromatic N) is 3. The van der Waals surface area contributed by atoms with Crippen LogP contribution < -0.4 is 19.1 Å². The summed E-state index contributed by atoms with van der Waals surface area (Å²) in [6.07, 6.45) is 2.27. The molecule has 202 valence electrons. The monoisotopic (exact) mass is 545 g/mol. The molecule has 3 aromatic carbocycles. The normalized spacial score (nSPS) is 16.7. The van der Waals surface area contributed by atoms with Crippen molar-refractivity contribution in [2.24, 2.45) is 0 Å². The molecule has 1 unspecified atom stereocenters. The Morgan fingerprint density at radius 1 is 1.00 bits per heavy atom. The minimum atomic E-state index is 0.00867. The van der Waals surface area contributed by atoms with Crippen molar-refractivity contribution in [2.45, 2.75) is 45.6 Å². The quantitative estimate of drug-likeness (QED) is 0.238. The Labute approximate surface area is 233 Å². The van der Waals surface area contributed by atoms with Crippen LogP contribution in [0.4, 0.5) is 5.69 Å². The number of para-hydroxylation sites is 2. The van der Waals surface area contributed by atoms with E-state index in [0.717, 1.165) is 69.6 Å². The molecule has 2 aliphatic heterocycles. The van der Waals surface area contributed by atoms with E-state index in [1.54, 1.807) is 0 Å². The smallest absolute Gasteiger partial charge is 0.227 e. The SMILES string of the molecule is Cc1cc(OCCCCn2c(C3CC(=O)N(c4ccc5c(c4)OCCO5)C3)nc3ccccc32)cc(C)c1Cl. The van der Waals surface area contributed by atoms with Crippen molar-refractivity contribution in [3.05, 3.63) is 76.6 Å². The second kappa shape index (κ2) is 10.8. The van der Waals surface area contributed by atoms with E-state index in [-0.39, 0.29) is 11.8 Å². The lowest BCUT2D eigenvalue weighted by Gasteiger charge is -2.22. The number of anilines is 1. The van der Waals surface area contributed by atoms with Gasteiger partial charge >= 0.3 is 0 Å². The minimum Gasteiger partial charge on any atom is -0.494 e. The van der Waals surface area contributed by atoms with Gasteiger partial charge in [0.25, 0.3) is 0 Å². The summed E-state index contributed by atoms with van der Waals surface area (Å²) in [5.74, 6) is 3.33. The van der Waals surface area contributed by atoms with Crippen LogP contribution in [0.5, 0.6) is 17.2 Å². The van der Waals surface area contributed by atoms with E-state index in [0.29, 0.717) is 38.5 Å². The first-order chi connectivity index (χ1) is 19.0. The highest BCUT2D eigenvalue weighted by atomic mass is 35.5. The number of halogens is 1. The topological polar surface area (TPSA) is 65.8 Å². The maximum absolute atomic E-state index is 13.1. The molecule has 3 heterocycles. The lowest BCUT2D eigenvalue weighted by atomic mass is 10.1. The van der Waals surface area contributed by atoms with E-state index < -0.39 is 0 Å². The lowest BCUT2D eigenvalue weighted by Crippen LogP contribution is -2.25. The number of rotatable bonds is 8. The third kappa shape index (κ3) is 5.15. The van der Waals surface area contributed by atoms with Crippen molar-refractivity contribution in [1.82, 2.24) is 9.55 Å². The largest absolute Gasteiger partial charge is 0.494 e. The van der Waals surface area contributed by atoms with Crippen molar-refractivity contribution in [1.29, 1.82) is 0 Å². The van der Waals surface area contributed by atoms with Crippen LogP contribution in [0.15, 0.2) is 54.6 Å². The van der Waals surface area contributed by atoms with Gasteiger partial charge in [0.1, 0.15) is 24.8 Å². The summed E-state index contributed by atoms with van der Waals surface area (Å²) in [4.78, 5) is 20.0. The summed E-state index contributed by atoms with van der Waals surface area (Å²) in [6, 6.07) is 17.9. The van der Waals surface area contributed by atoms with E-state index in [9.17, 15) is 4.79 Å². The van der Waals surface area contributed by atoms with Gasteiger partial charge in [-0.15, -0.1) is 0 Å². The molecule has 1 atom stereocenters. The van der Waals surface area contributed by atoms with Crippen LogP contribution in [-0.2, 0) is 11.3 Å². The number of imidazole rings is 1. The van der Waals surface area contributed by atoms with Gasteiger partial charge in [0, 0.05) is 42.2 Å². The Kier molecular flexibility index (Phi) is 7.09. The lowest BCUT2D eigenvalue weighted by molar-refractivity contribution is -0.117. The zero-order valence-corrected chi connectivity index (χ0v) is 23.0. The molecule has 2 aliphatic rings. The van der Waals surface area contributed by atoms with Crippen molar-refractivity contribution in [2.75, 3.05) is 31.3 Å². The number of benzene rings is 3. The molecule has 1 saturated heterocycles. The Balaban J connectivity index is 1.15. The van der Waals surface area contributed by atoms with Crippen LogP contribution >= 0.6 is 11.6 Å². The molecule has 0 N–H and O–H groups in total. The fraction of sp³-hybridized carbons (Fsp3) is 0.355. The van der Waals surface area contributed by atoms with Crippen molar-refractivity contribution in [3.63, 3.8) is 0 Å². The Bertz CT molecular complexity index is 1510. The number of aryl methyl sites for hydroxylation is 3. The van der Waals surface area contributed by atoms with Crippen molar-refractivity contribution >= 4 is 34.2 Å². The first kappa shape index (κ1) is 25.6. The third-order valence-corrected chi connectivity index (χ3v) is 8.06. The zero-order chi connectivity index (χ0) is 26.9. The molecule has 0 saturated carbocycles. The molecule has 0 radical (unpaired) electrons. The van der Waals surface area contributed by atoms with Gasteiger partial charge in [-0.1, -0.05) is 23.7 Å². The number of amides is 1.